The lowest BCUT2D eigenvalue weighted by Gasteiger charge is -2.35. The summed E-state index contributed by atoms with van der Waals surface area (Å²) in [4.78, 5) is 9.70. The Morgan fingerprint density at radius 3 is 3.00 bits per heavy atom. The average Bonchev–Trinajstić information content (AvgIpc) is 2.33. The fourth-order valence-corrected chi connectivity index (χ4v) is 1.50. The molecule has 1 aliphatic heterocycles. The van der Waals surface area contributed by atoms with Crippen LogP contribution in [0.4, 0.5) is 0 Å². The first kappa shape index (κ1) is 7.76. The molecule has 1 fully saturated rings. The smallest absolute Gasteiger partial charge is 0.120 e. The predicted molar refractivity (Wildman–Crippen MR) is 46.6 cm³/mol. The van der Waals surface area contributed by atoms with Crippen molar-refractivity contribution in [3.63, 3.8) is 0 Å². The first-order valence-electron chi connectivity index (χ1n) is 4.22. The van der Waals surface area contributed by atoms with Crippen molar-refractivity contribution in [2.75, 3.05) is 13.1 Å². The van der Waals surface area contributed by atoms with E-state index in [9.17, 15) is 0 Å². The monoisotopic (exact) mass is 166 g/mol. The molecule has 1 aromatic heterocycles. The molecule has 0 bridgehead atoms. The van der Waals surface area contributed by atoms with Crippen LogP contribution in [0.25, 0.3) is 0 Å². The van der Waals surface area contributed by atoms with Gasteiger partial charge in [0.05, 0.1) is 6.54 Å². The highest BCUT2D eigenvalue weighted by atomic mass is 15.2. The van der Waals surface area contributed by atoms with E-state index in [1.54, 1.807) is 0 Å². The third kappa shape index (κ3) is 1.49. The van der Waals surface area contributed by atoms with Gasteiger partial charge in [0.15, 0.2) is 0 Å². The second kappa shape index (κ2) is 2.88. The number of nitrogens with two attached hydrogens (primary N) is 1. The fourth-order valence-electron chi connectivity index (χ4n) is 1.50. The zero-order valence-electron chi connectivity index (χ0n) is 7.25. The van der Waals surface area contributed by atoms with Gasteiger partial charge in [0.25, 0.3) is 0 Å². The molecule has 0 spiro atoms. The molecule has 2 rings (SSSR count). The summed E-state index contributed by atoms with van der Waals surface area (Å²) in [6, 6.07) is 0.376. The Bertz CT molecular complexity index is 262. The highest BCUT2D eigenvalue weighted by Gasteiger charge is 2.23. The summed E-state index contributed by atoms with van der Waals surface area (Å²) in [6.45, 7) is 4.92. The van der Waals surface area contributed by atoms with E-state index in [1.165, 1.54) is 0 Å². The highest BCUT2D eigenvalue weighted by Crippen LogP contribution is 2.09. The predicted octanol–water partition coefficient (Wildman–Crippen LogP) is -0.139. The minimum Gasteiger partial charge on any atom is -0.345 e. The molecular formula is C8H14N4. The van der Waals surface area contributed by atoms with Gasteiger partial charge in [0.1, 0.15) is 5.82 Å². The van der Waals surface area contributed by atoms with E-state index in [2.05, 4.69) is 14.9 Å². The Kier molecular flexibility index (Phi) is 1.86. The van der Waals surface area contributed by atoms with Gasteiger partial charge in [-0.1, -0.05) is 0 Å². The van der Waals surface area contributed by atoms with Crippen molar-refractivity contribution in [1.82, 2.24) is 14.9 Å². The number of aromatic amines is 1. The maximum absolute atomic E-state index is 5.66. The van der Waals surface area contributed by atoms with Crippen LogP contribution in [0, 0.1) is 6.92 Å². The minimum absolute atomic E-state index is 0.376. The number of hydrogen-bond donors (Lipinski definition) is 2. The summed E-state index contributed by atoms with van der Waals surface area (Å²) in [6.07, 6.45) is 1.86. The molecule has 3 N–H and O–H groups in total. The number of H-pyrrole nitrogens is 1. The van der Waals surface area contributed by atoms with Gasteiger partial charge in [0, 0.05) is 31.0 Å². The molecule has 0 atom stereocenters. The number of likely N-dealkylation sites (tertiary alicyclic amines) is 1. The normalized spacial score (nSPS) is 19.5. The summed E-state index contributed by atoms with van der Waals surface area (Å²) >= 11 is 0. The van der Waals surface area contributed by atoms with Crippen LogP contribution in [-0.2, 0) is 6.54 Å². The standard InChI is InChI=1S/C8H14N4/c1-6-2-10-8(11-6)5-12-3-7(9)4-12/h2,7H,3-5,9H2,1H3,(H,10,11). The topological polar surface area (TPSA) is 57.9 Å². The van der Waals surface area contributed by atoms with Crippen molar-refractivity contribution in [1.29, 1.82) is 0 Å². The maximum atomic E-state index is 5.66. The summed E-state index contributed by atoms with van der Waals surface area (Å²) in [5.74, 6) is 1.04. The maximum Gasteiger partial charge on any atom is 0.120 e. The molecule has 12 heavy (non-hydrogen) atoms. The van der Waals surface area contributed by atoms with Gasteiger partial charge >= 0.3 is 0 Å². The molecule has 1 aromatic rings. The number of rotatable bonds is 2. The van der Waals surface area contributed by atoms with Crippen LogP contribution in [0.1, 0.15) is 11.5 Å². The van der Waals surface area contributed by atoms with Crippen LogP contribution >= 0.6 is 0 Å². The lowest BCUT2D eigenvalue weighted by atomic mass is 10.1. The lowest BCUT2D eigenvalue weighted by Crippen LogP contribution is -2.55. The molecule has 4 nitrogen and oxygen atoms in total. The van der Waals surface area contributed by atoms with Gasteiger partial charge in [-0.25, -0.2) is 4.98 Å². The molecule has 0 radical (unpaired) electrons. The van der Waals surface area contributed by atoms with Gasteiger partial charge in [-0.2, -0.15) is 0 Å². The number of nitrogens with zero attached hydrogens (tertiary/aromatic N) is 2. The molecule has 4 heteroatoms. The Morgan fingerprint density at radius 2 is 2.50 bits per heavy atom. The Hall–Kier alpha value is -0.870. The van der Waals surface area contributed by atoms with Gasteiger partial charge in [0.2, 0.25) is 0 Å². The molecule has 1 saturated heterocycles. The Morgan fingerprint density at radius 1 is 1.75 bits per heavy atom. The molecular weight excluding hydrogens is 152 g/mol. The van der Waals surface area contributed by atoms with Crippen molar-refractivity contribution < 1.29 is 0 Å². The van der Waals surface area contributed by atoms with E-state index in [4.69, 9.17) is 5.73 Å². The van der Waals surface area contributed by atoms with Crippen LogP contribution in [0.5, 0.6) is 0 Å². The lowest BCUT2D eigenvalue weighted by molar-refractivity contribution is 0.139. The summed E-state index contributed by atoms with van der Waals surface area (Å²) in [7, 11) is 0. The third-order valence-corrected chi connectivity index (χ3v) is 2.11. The molecule has 66 valence electrons. The van der Waals surface area contributed by atoms with Gasteiger partial charge in [-0.15, -0.1) is 0 Å². The van der Waals surface area contributed by atoms with E-state index < -0.39 is 0 Å². The second-order valence-electron chi connectivity index (χ2n) is 3.47. The molecule has 2 heterocycles. The van der Waals surface area contributed by atoms with E-state index in [0.717, 1.165) is 31.2 Å². The minimum atomic E-state index is 0.376. The second-order valence-corrected chi connectivity index (χ2v) is 3.47. The van der Waals surface area contributed by atoms with E-state index in [0.29, 0.717) is 6.04 Å². The first-order chi connectivity index (χ1) is 5.74. The van der Waals surface area contributed by atoms with Crippen LogP contribution in [0.2, 0.25) is 0 Å². The van der Waals surface area contributed by atoms with Crippen molar-refractivity contribution >= 4 is 0 Å². The first-order valence-corrected chi connectivity index (χ1v) is 4.22. The summed E-state index contributed by atoms with van der Waals surface area (Å²) in [5, 5.41) is 0. The average molecular weight is 166 g/mol. The molecule has 0 aromatic carbocycles. The van der Waals surface area contributed by atoms with Crippen molar-refractivity contribution in [2.24, 2.45) is 5.73 Å². The number of aromatic nitrogens is 2. The Labute approximate surface area is 71.8 Å². The van der Waals surface area contributed by atoms with Crippen LogP contribution in [-0.4, -0.2) is 34.0 Å². The fraction of sp³-hybridized carbons (Fsp3) is 0.625. The SMILES string of the molecule is Cc1cnc(CN2CC(N)C2)[nH]1. The van der Waals surface area contributed by atoms with Crippen LogP contribution < -0.4 is 5.73 Å². The van der Waals surface area contributed by atoms with Crippen molar-refractivity contribution in [2.45, 2.75) is 19.5 Å². The molecule has 0 saturated carbocycles. The molecule has 0 amide bonds. The van der Waals surface area contributed by atoms with Crippen molar-refractivity contribution in [3.8, 4) is 0 Å². The number of aryl methyl sites for hydroxylation is 1. The molecule has 1 aliphatic rings. The summed E-state index contributed by atoms with van der Waals surface area (Å²) < 4.78 is 0. The van der Waals surface area contributed by atoms with Gasteiger partial charge in [-0.3, -0.25) is 4.90 Å². The zero-order valence-corrected chi connectivity index (χ0v) is 7.25. The van der Waals surface area contributed by atoms with Crippen LogP contribution in [0.15, 0.2) is 6.20 Å². The number of hydrogen-bond acceptors (Lipinski definition) is 3. The van der Waals surface area contributed by atoms with Crippen LogP contribution in [0.3, 0.4) is 0 Å². The largest absolute Gasteiger partial charge is 0.345 e. The Balaban J connectivity index is 1.88. The molecule has 0 aliphatic carbocycles. The summed E-state index contributed by atoms with van der Waals surface area (Å²) in [5.41, 5.74) is 6.78. The highest BCUT2D eigenvalue weighted by molar-refractivity contribution is 4.99. The third-order valence-electron chi connectivity index (χ3n) is 2.11. The van der Waals surface area contributed by atoms with Crippen molar-refractivity contribution in [3.05, 3.63) is 17.7 Å². The van der Waals surface area contributed by atoms with E-state index in [1.807, 2.05) is 13.1 Å². The zero-order chi connectivity index (χ0) is 8.55. The van der Waals surface area contributed by atoms with Gasteiger partial charge < -0.3 is 10.7 Å². The van der Waals surface area contributed by atoms with Gasteiger partial charge in [-0.05, 0) is 6.92 Å². The number of nitrogens with one attached hydrogen (secondary N) is 1. The quantitative estimate of drug-likeness (QED) is 0.643. The van der Waals surface area contributed by atoms with E-state index in [-0.39, 0.29) is 0 Å². The van der Waals surface area contributed by atoms with E-state index >= 15 is 0 Å². The molecule has 0 unspecified atom stereocenters. The number of imidazole rings is 1.